The maximum atomic E-state index is 12.9. The minimum atomic E-state index is -0.0546. The summed E-state index contributed by atoms with van der Waals surface area (Å²) in [5, 5.41) is 0.566. The van der Waals surface area contributed by atoms with E-state index in [1.54, 1.807) is 11.6 Å². The van der Waals surface area contributed by atoms with Gasteiger partial charge in [-0.3, -0.25) is 14.2 Å². The predicted molar refractivity (Wildman–Crippen MR) is 114 cm³/mol. The van der Waals surface area contributed by atoms with Gasteiger partial charge in [0.05, 0.1) is 5.75 Å². The molecule has 0 saturated carbocycles. The van der Waals surface area contributed by atoms with Crippen LogP contribution in [0.2, 0.25) is 0 Å². The molecule has 144 valence electrons. The van der Waals surface area contributed by atoms with Crippen molar-refractivity contribution < 1.29 is 4.79 Å². The lowest BCUT2D eigenvalue weighted by Gasteiger charge is -2.13. The molecule has 3 rings (SSSR count). The summed E-state index contributed by atoms with van der Waals surface area (Å²) in [6.45, 7) is 5.90. The maximum absolute atomic E-state index is 12.9. The molecule has 1 aromatic heterocycles. The van der Waals surface area contributed by atoms with E-state index < -0.39 is 0 Å². The van der Waals surface area contributed by atoms with E-state index in [1.165, 1.54) is 11.8 Å². The average molecular weight is 393 g/mol. The van der Waals surface area contributed by atoms with Crippen molar-refractivity contribution in [2.75, 3.05) is 5.75 Å². The number of rotatable bonds is 6. The van der Waals surface area contributed by atoms with Gasteiger partial charge in [-0.1, -0.05) is 65.9 Å². The minimum Gasteiger partial charge on any atom is -0.293 e. The number of thioether (sulfide) groups is 1. The second kappa shape index (κ2) is 8.57. The first-order valence-corrected chi connectivity index (χ1v) is 10.2. The number of carbonyl (C=O) groups excluding carboxylic acids is 1. The molecule has 0 atom stereocenters. The van der Waals surface area contributed by atoms with E-state index in [4.69, 9.17) is 0 Å². The first-order valence-electron chi connectivity index (χ1n) is 9.20. The number of aromatic nitrogens is 2. The lowest BCUT2D eigenvalue weighted by molar-refractivity contribution is 0.102. The van der Waals surface area contributed by atoms with E-state index in [9.17, 15) is 9.59 Å². The highest BCUT2D eigenvalue weighted by molar-refractivity contribution is 7.99. The van der Waals surface area contributed by atoms with Gasteiger partial charge >= 0.3 is 0 Å². The standard InChI is InChI=1S/C23H24N2O2S/c1-15-9-11-18(12-10-15)21(26)14-28-23-24-17(3)20(22(27)25(23)4)13-19-8-6-5-7-16(19)2/h5-12H,13-14H2,1-4H3. The van der Waals surface area contributed by atoms with E-state index in [0.717, 1.165) is 22.4 Å². The van der Waals surface area contributed by atoms with Gasteiger partial charge in [0.25, 0.3) is 5.56 Å². The van der Waals surface area contributed by atoms with Gasteiger partial charge in [-0.05, 0) is 31.9 Å². The van der Waals surface area contributed by atoms with Gasteiger partial charge in [0.1, 0.15) is 0 Å². The molecule has 0 saturated heterocycles. The Bertz CT molecular complexity index is 1070. The highest BCUT2D eigenvalue weighted by atomic mass is 32.2. The van der Waals surface area contributed by atoms with Gasteiger partial charge in [0, 0.05) is 30.3 Å². The molecular weight excluding hydrogens is 368 g/mol. The number of benzene rings is 2. The zero-order valence-corrected chi connectivity index (χ0v) is 17.5. The molecule has 0 spiro atoms. The number of ketones is 1. The van der Waals surface area contributed by atoms with Crippen LogP contribution in [0.3, 0.4) is 0 Å². The topological polar surface area (TPSA) is 52.0 Å². The minimum absolute atomic E-state index is 0.0286. The number of aryl methyl sites for hydroxylation is 3. The van der Waals surface area contributed by atoms with Crippen LogP contribution < -0.4 is 5.56 Å². The van der Waals surface area contributed by atoms with Crippen molar-refractivity contribution in [1.29, 1.82) is 0 Å². The van der Waals surface area contributed by atoms with Crippen LogP contribution in [0.25, 0.3) is 0 Å². The second-order valence-electron chi connectivity index (χ2n) is 7.00. The third-order valence-electron chi connectivity index (χ3n) is 4.88. The van der Waals surface area contributed by atoms with E-state index in [2.05, 4.69) is 4.98 Å². The van der Waals surface area contributed by atoms with Crippen LogP contribution >= 0.6 is 11.8 Å². The molecule has 0 unspecified atom stereocenters. The molecule has 0 radical (unpaired) electrons. The Labute approximate surface area is 169 Å². The van der Waals surface area contributed by atoms with E-state index >= 15 is 0 Å². The monoisotopic (exact) mass is 392 g/mol. The van der Waals surface area contributed by atoms with Crippen LogP contribution in [0, 0.1) is 20.8 Å². The zero-order chi connectivity index (χ0) is 20.3. The number of carbonyl (C=O) groups is 1. The van der Waals surface area contributed by atoms with Crippen LogP contribution in [0.5, 0.6) is 0 Å². The number of hydrogen-bond donors (Lipinski definition) is 0. The van der Waals surface area contributed by atoms with Crippen molar-refractivity contribution >= 4 is 17.5 Å². The Balaban J connectivity index is 1.80. The second-order valence-corrected chi connectivity index (χ2v) is 7.95. The Morgan fingerprint density at radius 2 is 1.71 bits per heavy atom. The van der Waals surface area contributed by atoms with Crippen LogP contribution in [-0.4, -0.2) is 21.1 Å². The summed E-state index contributed by atoms with van der Waals surface area (Å²) < 4.78 is 1.55. The Morgan fingerprint density at radius 3 is 2.39 bits per heavy atom. The summed E-state index contributed by atoms with van der Waals surface area (Å²) in [6.07, 6.45) is 0.561. The van der Waals surface area contributed by atoms with Crippen molar-refractivity contribution in [2.45, 2.75) is 32.3 Å². The summed E-state index contributed by atoms with van der Waals surface area (Å²) in [5.41, 5.74) is 5.44. The molecule has 0 aliphatic carbocycles. The Hall–Kier alpha value is -2.66. The molecule has 5 heteroatoms. The first-order chi connectivity index (χ1) is 13.4. The maximum Gasteiger partial charge on any atom is 0.257 e. The summed E-state index contributed by atoms with van der Waals surface area (Å²) in [7, 11) is 1.72. The molecule has 0 fully saturated rings. The highest BCUT2D eigenvalue weighted by Gasteiger charge is 2.15. The van der Waals surface area contributed by atoms with Crippen LogP contribution in [0.15, 0.2) is 58.5 Å². The SMILES string of the molecule is Cc1ccc(C(=O)CSc2nc(C)c(Cc3ccccc3C)c(=O)n2C)cc1. The van der Waals surface area contributed by atoms with Gasteiger partial charge in [-0.15, -0.1) is 0 Å². The highest BCUT2D eigenvalue weighted by Crippen LogP contribution is 2.19. The van der Waals surface area contributed by atoms with Crippen molar-refractivity contribution in [3.8, 4) is 0 Å². The number of nitrogens with zero attached hydrogens (tertiary/aromatic N) is 2. The van der Waals surface area contributed by atoms with E-state index in [1.807, 2.05) is 69.3 Å². The van der Waals surface area contributed by atoms with Crippen LogP contribution in [0.1, 0.15) is 38.3 Å². The van der Waals surface area contributed by atoms with Gasteiger partial charge in [-0.25, -0.2) is 4.98 Å². The summed E-state index contributed by atoms with van der Waals surface area (Å²) in [6, 6.07) is 15.6. The van der Waals surface area contributed by atoms with Crippen LogP contribution in [0.4, 0.5) is 0 Å². The summed E-state index contributed by atoms with van der Waals surface area (Å²) in [4.78, 5) is 29.9. The van der Waals surface area contributed by atoms with Gasteiger partial charge in [0.15, 0.2) is 10.9 Å². The van der Waals surface area contributed by atoms with E-state index in [0.29, 0.717) is 22.7 Å². The van der Waals surface area contributed by atoms with Gasteiger partial charge in [0.2, 0.25) is 0 Å². The molecule has 0 aliphatic rings. The molecule has 2 aromatic carbocycles. The Morgan fingerprint density at radius 1 is 1.04 bits per heavy atom. The predicted octanol–water partition coefficient (Wildman–Crippen LogP) is 4.27. The largest absolute Gasteiger partial charge is 0.293 e. The molecule has 3 aromatic rings. The molecule has 0 amide bonds. The fraction of sp³-hybridized carbons (Fsp3) is 0.261. The molecule has 28 heavy (non-hydrogen) atoms. The molecule has 1 heterocycles. The molecule has 0 bridgehead atoms. The van der Waals surface area contributed by atoms with E-state index in [-0.39, 0.29) is 17.1 Å². The fourth-order valence-corrected chi connectivity index (χ4v) is 3.92. The van der Waals surface area contributed by atoms with Gasteiger partial charge in [-0.2, -0.15) is 0 Å². The normalized spacial score (nSPS) is 10.9. The number of Topliss-reactive ketones (excluding diaryl/α,β-unsaturated/α-hetero) is 1. The molecule has 0 aliphatic heterocycles. The van der Waals surface area contributed by atoms with Gasteiger partial charge < -0.3 is 0 Å². The van der Waals surface area contributed by atoms with Crippen molar-refractivity contribution in [1.82, 2.24) is 9.55 Å². The fourth-order valence-electron chi connectivity index (χ4n) is 3.01. The zero-order valence-electron chi connectivity index (χ0n) is 16.7. The quantitative estimate of drug-likeness (QED) is 0.357. The van der Waals surface area contributed by atoms with Crippen molar-refractivity contribution in [2.24, 2.45) is 7.05 Å². The molecule has 0 N–H and O–H groups in total. The third kappa shape index (κ3) is 4.42. The average Bonchev–Trinajstić information content (AvgIpc) is 2.68. The van der Waals surface area contributed by atoms with Crippen LogP contribution in [-0.2, 0) is 13.5 Å². The van der Waals surface area contributed by atoms with Crippen molar-refractivity contribution in [3.63, 3.8) is 0 Å². The first kappa shape index (κ1) is 20.1. The number of hydrogen-bond acceptors (Lipinski definition) is 4. The Kier molecular flexibility index (Phi) is 6.15. The third-order valence-corrected chi connectivity index (χ3v) is 5.91. The van der Waals surface area contributed by atoms with Crippen molar-refractivity contribution in [3.05, 3.63) is 92.4 Å². The smallest absolute Gasteiger partial charge is 0.257 e. The lowest BCUT2D eigenvalue weighted by atomic mass is 10.0. The lowest BCUT2D eigenvalue weighted by Crippen LogP contribution is -2.26. The summed E-state index contributed by atoms with van der Waals surface area (Å²) in [5.74, 6) is 0.279. The summed E-state index contributed by atoms with van der Waals surface area (Å²) >= 11 is 1.30. The molecule has 4 nitrogen and oxygen atoms in total. The molecular formula is C23H24N2O2S.